The number of nitrogens with one attached hydrogen (secondary N) is 1. The van der Waals surface area contributed by atoms with Gasteiger partial charge in [0.15, 0.2) is 0 Å². The van der Waals surface area contributed by atoms with Crippen LogP contribution in [0.25, 0.3) is 0 Å². The standard InChI is InChI=1S/C16H21FN2O/c1-18-16(20)19-9-12-3-2-4-14(15(12)10-19)11-5-7-13(17)8-6-11/h5-8,12,14-15H,2-4,9-10H2,1H3,(H,18,20)/t12?,14?,15-/m1/s1. The van der Waals surface area contributed by atoms with E-state index < -0.39 is 0 Å². The highest BCUT2D eigenvalue weighted by Crippen LogP contribution is 2.45. The number of fused-ring (bicyclic) bond motifs is 1. The van der Waals surface area contributed by atoms with Crippen LogP contribution in [0.2, 0.25) is 0 Å². The molecule has 4 heteroatoms. The zero-order valence-electron chi connectivity index (χ0n) is 11.8. The zero-order chi connectivity index (χ0) is 14.1. The molecule has 2 aliphatic rings. The molecule has 108 valence electrons. The molecule has 2 unspecified atom stereocenters. The molecule has 2 amide bonds. The fraction of sp³-hybridized carbons (Fsp3) is 0.562. The lowest BCUT2D eigenvalue weighted by Crippen LogP contribution is -2.36. The first-order valence-electron chi connectivity index (χ1n) is 7.41. The minimum absolute atomic E-state index is 0.0252. The van der Waals surface area contributed by atoms with Crippen molar-refractivity contribution in [3.63, 3.8) is 0 Å². The van der Waals surface area contributed by atoms with Gasteiger partial charge in [-0.15, -0.1) is 0 Å². The van der Waals surface area contributed by atoms with E-state index in [1.165, 1.54) is 18.4 Å². The molecule has 1 saturated carbocycles. The van der Waals surface area contributed by atoms with Crippen LogP contribution in [0.3, 0.4) is 0 Å². The van der Waals surface area contributed by atoms with Crippen molar-refractivity contribution in [2.24, 2.45) is 11.8 Å². The van der Waals surface area contributed by atoms with Gasteiger partial charge in [0.1, 0.15) is 5.82 Å². The van der Waals surface area contributed by atoms with Crippen LogP contribution in [0.5, 0.6) is 0 Å². The van der Waals surface area contributed by atoms with Gasteiger partial charge in [-0.3, -0.25) is 0 Å². The van der Waals surface area contributed by atoms with Gasteiger partial charge in [0.25, 0.3) is 0 Å². The smallest absolute Gasteiger partial charge is 0.317 e. The van der Waals surface area contributed by atoms with E-state index in [9.17, 15) is 9.18 Å². The zero-order valence-corrected chi connectivity index (χ0v) is 11.8. The van der Waals surface area contributed by atoms with Gasteiger partial charge >= 0.3 is 6.03 Å². The fourth-order valence-corrected chi connectivity index (χ4v) is 3.92. The molecule has 1 aliphatic carbocycles. The lowest BCUT2D eigenvalue weighted by Gasteiger charge is -2.33. The molecular formula is C16H21FN2O. The molecule has 1 N–H and O–H groups in total. The maximum Gasteiger partial charge on any atom is 0.317 e. The van der Waals surface area contributed by atoms with Gasteiger partial charge in [-0.1, -0.05) is 18.6 Å². The van der Waals surface area contributed by atoms with Crippen molar-refractivity contribution in [1.82, 2.24) is 10.2 Å². The largest absolute Gasteiger partial charge is 0.341 e. The van der Waals surface area contributed by atoms with Crippen LogP contribution < -0.4 is 5.32 Å². The molecule has 0 bridgehead atoms. The van der Waals surface area contributed by atoms with E-state index in [-0.39, 0.29) is 11.8 Å². The van der Waals surface area contributed by atoms with E-state index in [2.05, 4.69) is 5.32 Å². The third kappa shape index (κ3) is 2.39. The number of carbonyl (C=O) groups is 1. The predicted octanol–water partition coefficient (Wildman–Crippen LogP) is 2.98. The quantitative estimate of drug-likeness (QED) is 0.840. The summed E-state index contributed by atoms with van der Waals surface area (Å²) in [5.74, 6) is 1.39. The Balaban J connectivity index is 1.79. The first-order valence-corrected chi connectivity index (χ1v) is 7.41. The first kappa shape index (κ1) is 13.4. The molecule has 0 radical (unpaired) electrons. The van der Waals surface area contributed by atoms with Crippen molar-refractivity contribution in [3.8, 4) is 0 Å². The molecule has 1 aromatic rings. The molecule has 20 heavy (non-hydrogen) atoms. The van der Waals surface area contributed by atoms with E-state index in [4.69, 9.17) is 0 Å². The third-order valence-corrected chi connectivity index (χ3v) is 4.90. The van der Waals surface area contributed by atoms with Crippen molar-refractivity contribution < 1.29 is 9.18 Å². The maximum atomic E-state index is 13.1. The lowest BCUT2D eigenvalue weighted by atomic mass is 9.71. The Kier molecular flexibility index (Phi) is 3.64. The molecule has 1 heterocycles. The summed E-state index contributed by atoms with van der Waals surface area (Å²) < 4.78 is 13.1. The Bertz CT molecular complexity index is 488. The Labute approximate surface area is 119 Å². The first-order chi connectivity index (χ1) is 9.69. The lowest BCUT2D eigenvalue weighted by molar-refractivity contribution is 0.208. The Morgan fingerprint density at radius 2 is 2.00 bits per heavy atom. The number of likely N-dealkylation sites (tertiary alicyclic amines) is 1. The minimum atomic E-state index is -0.181. The highest BCUT2D eigenvalue weighted by atomic mass is 19.1. The van der Waals surface area contributed by atoms with Crippen LogP contribution >= 0.6 is 0 Å². The number of carbonyl (C=O) groups excluding carboxylic acids is 1. The van der Waals surface area contributed by atoms with Gasteiger partial charge in [0, 0.05) is 20.1 Å². The van der Waals surface area contributed by atoms with Crippen LogP contribution in [0, 0.1) is 17.7 Å². The molecule has 3 atom stereocenters. The van der Waals surface area contributed by atoms with Gasteiger partial charge in [-0.25, -0.2) is 9.18 Å². The number of rotatable bonds is 1. The van der Waals surface area contributed by atoms with Crippen LogP contribution in [-0.4, -0.2) is 31.1 Å². The van der Waals surface area contributed by atoms with Gasteiger partial charge in [0.2, 0.25) is 0 Å². The summed E-state index contributed by atoms with van der Waals surface area (Å²) >= 11 is 0. The minimum Gasteiger partial charge on any atom is -0.341 e. The average Bonchev–Trinajstić information content (AvgIpc) is 2.91. The second-order valence-corrected chi connectivity index (χ2v) is 5.97. The van der Waals surface area contributed by atoms with E-state index in [0.29, 0.717) is 17.8 Å². The third-order valence-electron chi connectivity index (χ3n) is 4.90. The summed E-state index contributed by atoms with van der Waals surface area (Å²) in [5, 5.41) is 2.72. The normalized spacial score (nSPS) is 29.1. The second kappa shape index (κ2) is 5.43. The molecule has 1 saturated heterocycles. The van der Waals surface area contributed by atoms with Crippen LogP contribution in [-0.2, 0) is 0 Å². The van der Waals surface area contributed by atoms with Crippen LogP contribution in [0.4, 0.5) is 9.18 Å². The molecule has 3 rings (SSSR count). The van der Waals surface area contributed by atoms with Crippen molar-refractivity contribution in [3.05, 3.63) is 35.6 Å². The SMILES string of the molecule is CNC(=O)N1CC2CCCC(c3ccc(F)cc3)[C@@H]2C1. The summed E-state index contributed by atoms with van der Waals surface area (Å²) in [4.78, 5) is 13.7. The van der Waals surface area contributed by atoms with Gasteiger partial charge in [-0.05, 0) is 48.3 Å². The maximum absolute atomic E-state index is 13.1. The molecule has 0 aromatic heterocycles. The van der Waals surface area contributed by atoms with Crippen molar-refractivity contribution in [2.45, 2.75) is 25.2 Å². The Morgan fingerprint density at radius 3 is 2.70 bits per heavy atom. The van der Waals surface area contributed by atoms with E-state index in [0.717, 1.165) is 19.5 Å². The molecule has 1 aromatic carbocycles. The summed E-state index contributed by atoms with van der Waals surface area (Å²) in [6, 6.07) is 6.93. The number of halogens is 1. The van der Waals surface area contributed by atoms with Gasteiger partial charge in [-0.2, -0.15) is 0 Å². The summed E-state index contributed by atoms with van der Waals surface area (Å²) in [6.45, 7) is 1.69. The summed E-state index contributed by atoms with van der Waals surface area (Å²) in [7, 11) is 1.68. The van der Waals surface area contributed by atoms with Crippen LogP contribution in [0.15, 0.2) is 24.3 Å². The van der Waals surface area contributed by atoms with Crippen molar-refractivity contribution >= 4 is 6.03 Å². The predicted molar refractivity (Wildman–Crippen MR) is 76.0 cm³/mol. The molecule has 1 aliphatic heterocycles. The van der Waals surface area contributed by atoms with Crippen molar-refractivity contribution in [2.75, 3.05) is 20.1 Å². The molecule has 0 spiro atoms. The number of amides is 2. The number of urea groups is 1. The Morgan fingerprint density at radius 1 is 1.25 bits per heavy atom. The summed E-state index contributed by atoms with van der Waals surface area (Å²) in [5.41, 5.74) is 1.22. The molecule has 2 fully saturated rings. The summed E-state index contributed by atoms with van der Waals surface area (Å²) in [6.07, 6.45) is 3.55. The van der Waals surface area contributed by atoms with Crippen molar-refractivity contribution in [1.29, 1.82) is 0 Å². The highest BCUT2D eigenvalue weighted by molar-refractivity contribution is 5.74. The van der Waals surface area contributed by atoms with Crippen LogP contribution in [0.1, 0.15) is 30.7 Å². The van der Waals surface area contributed by atoms with E-state index in [1.54, 1.807) is 19.2 Å². The number of benzene rings is 1. The second-order valence-electron chi connectivity index (χ2n) is 5.97. The van der Waals surface area contributed by atoms with E-state index >= 15 is 0 Å². The number of hydrogen-bond acceptors (Lipinski definition) is 1. The molecule has 3 nitrogen and oxygen atoms in total. The highest BCUT2D eigenvalue weighted by Gasteiger charge is 2.41. The number of nitrogens with zero attached hydrogens (tertiary/aromatic N) is 1. The average molecular weight is 276 g/mol. The molecular weight excluding hydrogens is 255 g/mol. The van der Waals surface area contributed by atoms with Gasteiger partial charge < -0.3 is 10.2 Å². The monoisotopic (exact) mass is 276 g/mol. The van der Waals surface area contributed by atoms with Gasteiger partial charge in [0.05, 0.1) is 0 Å². The topological polar surface area (TPSA) is 32.3 Å². The Hall–Kier alpha value is -1.58. The number of hydrogen-bond donors (Lipinski definition) is 1. The van der Waals surface area contributed by atoms with E-state index in [1.807, 2.05) is 17.0 Å². The fourth-order valence-electron chi connectivity index (χ4n) is 3.92.